The molecule has 0 saturated carbocycles. The van der Waals surface area contributed by atoms with Gasteiger partial charge in [-0.05, 0) is 51.1 Å². The highest BCUT2D eigenvalue weighted by Gasteiger charge is 2.23. The van der Waals surface area contributed by atoms with Gasteiger partial charge in [-0.1, -0.05) is 23.8 Å². The van der Waals surface area contributed by atoms with Gasteiger partial charge in [0.15, 0.2) is 12.0 Å². The Morgan fingerprint density at radius 1 is 0.970 bits per heavy atom. The molecule has 1 aromatic rings. The molecule has 3 heterocycles. The van der Waals surface area contributed by atoms with E-state index >= 15 is 0 Å². The normalized spacial score (nSPS) is 21.0. The monoisotopic (exact) mass is 449 g/mol. The number of aryl methyl sites for hydroxylation is 1. The number of nitrogens with zero attached hydrogens (tertiary/aromatic N) is 3. The maximum atomic E-state index is 12.0. The van der Waals surface area contributed by atoms with Crippen LogP contribution in [-0.4, -0.2) is 52.9 Å². The van der Waals surface area contributed by atoms with Gasteiger partial charge in [-0.25, -0.2) is 0 Å². The molecule has 2 aliphatic heterocycles. The Bertz CT molecular complexity index is 977. The molecular weight excluding hydrogens is 414 g/mol. The largest absolute Gasteiger partial charge is 0.464 e. The number of allylic oxidation sites excluding steroid dienone is 4. The number of aromatic nitrogens is 1. The van der Waals surface area contributed by atoms with Crippen molar-refractivity contribution in [2.45, 2.75) is 57.9 Å². The third-order valence-corrected chi connectivity index (χ3v) is 7.11. The first kappa shape index (κ1) is 22.1. The molecule has 176 valence electrons. The molecule has 0 bridgehead atoms. The number of rotatable bonds is 8. The maximum absolute atomic E-state index is 12.0. The van der Waals surface area contributed by atoms with Gasteiger partial charge in [-0.2, -0.15) is 0 Å². The van der Waals surface area contributed by atoms with Crippen molar-refractivity contribution in [2.75, 3.05) is 32.7 Å². The van der Waals surface area contributed by atoms with Crippen LogP contribution in [0.15, 0.2) is 60.2 Å². The Morgan fingerprint density at radius 3 is 2.70 bits per heavy atom. The van der Waals surface area contributed by atoms with Crippen molar-refractivity contribution >= 4 is 5.78 Å². The van der Waals surface area contributed by atoms with Gasteiger partial charge in [0.2, 0.25) is 5.88 Å². The number of carbonyl (C=O) groups excluding carboxylic acids is 1. The van der Waals surface area contributed by atoms with Gasteiger partial charge in [-0.3, -0.25) is 9.69 Å². The van der Waals surface area contributed by atoms with Crippen LogP contribution in [0.3, 0.4) is 0 Å². The molecule has 0 radical (unpaired) electrons. The molecule has 33 heavy (non-hydrogen) atoms. The van der Waals surface area contributed by atoms with Crippen LogP contribution in [0.1, 0.15) is 61.0 Å². The van der Waals surface area contributed by atoms with Gasteiger partial charge in [-0.15, -0.1) is 0 Å². The number of hydrogen-bond acceptors (Lipinski definition) is 5. The molecule has 0 N–H and O–H groups in total. The molecule has 0 aromatic carbocycles. The lowest BCUT2D eigenvalue weighted by molar-refractivity contribution is 0.0746. The van der Waals surface area contributed by atoms with Gasteiger partial charge in [0.1, 0.15) is 12.0 Å². The van der Waals surface area contributed by atoms with Crippen molar-refractivity contribution in [1.82, 2.24) is 14.4 Å². The quantitative estimate of drug-likeness (QED) is 0.536. The molecule has 1 aromatic heterocycles. The Morgan fingerprint density at radius 2 is 1.85 bits per heavy atom. The average molecular weight is 450 g/mol. The third kappa shape index (κ3) is 5.44. The second-order valence-electron chi connectivity index (χ2n) is 9.43. The summed E-state index contributed by atoms with van der Waals surface area (Å²) in [7, 11) is 0. The van der Waals surface area contributed by atoms with Crippen LogP contribution in [0.5, 0.6) is 0 Å². The minimum atomic E-state index is 0.321. The maximum Gasteiger partial charge on any atom is 0.231 e. The molecule has 2 aliphatic carbocycles. The number of Topliss-reactive ketones (excluding diaryl/α,β-unsaturated/α-hetero) is 1. The molecule has 0 amide bonds. The summed E-state index contributed by atoms with van der Waals surface area (Å²) in [6.07, 6.45) is 20.2. The average Bonchev–Trinajstić information content (AvgIpc) is 3.27. The van der Waals surface area contributed by atoms with Gasteiger partial charge < -0.3 is 18.9 Å². The molecule has 5 rings (SSSR count). The molecule has 4 aliphatic rings. The number of piperazine rings is 1. The summed E-state index contributed by atoms with van der Waals surface area (Å²) in [6, 6.07) is 2.02. The zero-order valence-electron chi connectivity index (χ0n) is 19.5. The molecule has 6 nitrogen and oxygen atoms in total. The highest BCUT2D eigenvalue weighted by molar-refractivity contribution is 5.98. The molecular formula is C27H35N3O3. The fourth-order valence-corrected chi connectivity index (χ4v) is 5.20. The Kier molecular flexibility index (Phi) is 7.01. The van der Waals surface area contributed by atoms with Crippen LogP contribution in [0.2, 0.25) is 0 Å². The summed E-state index contributed by atoms with van der Waals surface area (Å²) in [5.74, 6) is 2.05. The van der Waals surface area contributed by atoms with Crippen molar-refractivity contribution in [3.8, 4) is 0 Å². The van der Waals surface area contributed by atoms with Crippen molar-refractivity contribution in [1.29, 1.82) is 0 Å². The van der Waals surface area contributed by atoms with E-state index in [1.54, 1.807) is 12.5 Å². The molecule has 0 unspecified atom stereocenters. The standard InChI is InChI=1S/C27H35N3O3/c31-26-10-6-9-25-24(26)11-14-29(25)13-5-4-12-28-15-17-30(18-16-28)27-21-32-20-23(33-27)19-22-7-2-1-3-8-22/h1-2,7,11,14,20-21H,3-6,8-10,12-13,15-19H2. The van der Waals surface area contributed by atoms with Gasteiger partial charge in [0.05, 0.1) is 0 Å². The first-order valence-corrected chi connectivity index (χ1v) is 12.5. The van der Waals surface area contributed by atoms with Crippen LogP contribution >= 0.6 is 0 Å². The van der Waals surface area contributed by atoms with Crippen LogP contribution < -0.4 is 0 Å². The smallest absolute Gasteiger partial charge is 0.231 e. The highest BCUT2D eigenvalue weighted by Crippen LogP contribution is 2.26. The fourth-order valence-electron chi connectivity index (χ4n) is 5.20. The summed E-state index contributed by atoms with van der Waals surface area (Å²) in [5, 5.41) is 0. The lowest BCUT2D eigenvalue weighted by atomic mass is 9.97. The van der Waals surface area contributed by atoms with E-state index < -0.39 is 0 Å². The molecule has 6 heteroatoms. The Labute approximate surface area is 196 Å². The zero-order valence-corrected chi connectivity index (χ0v) is 19.5. The minimum Gasteiger partial charge on any atom is -0.464 e. The van der Waals surface area contributed by atoms with Crippen LogP contribution in [0, 0.1) is 0 Å². The number of ether oxygens (including phenoxy) is 2. The number of hydrogen-bond donors (Lipinski definition) is 0. The summed E-state index contributed by atoms with van der Waals surface area (Å²) < 4.78 is 14.1. The second kappa shape index (κ2) is 10.5. The topological polar surface area (TPSA) is 46.9 Å². The highest BCUT2D eigenvalue weighted by atomic mass is 16.6. The van der Waals surface area contributed by atoms with Crippen molar-refractivity contribution in [3.05, 3.63) is 71.5 Å². The fraction of sp³-hybridized carbons (Fsp3) is 0.519. The van der Waals surface area contributed by atoms with Crippen molar-refractivity contribution in [3.63, 3.8) is 0 Å². The van der Waals surface area contributed by atoms with E-state index in [0.717, 1.165) is 95.0 Å². The van der Waals surface area contributed by atoms with E-state index in [0.29, 0.717) is 12.2 Å². The van der Waals surface area contributed by atoms with E-state index in [-0.39, 0.29) is 0 Å². The van der Waals surface area contributed by atoms with Crippen molar-refractivity contribution in [2.24, 2.45) is 0 Å². The Balaban J connectivity index is 1.02. The predicted octanol–water partition coefficient (Wildman–Crippen LogP) is 4.76. The number of ketones is 1. The lowest BCUT2D eigenvalue weighted by Gasteiger charge is -2.37. The van der Waals surface area contributed by atoms with Gasteiger partial charge in [0, 0.05) is 63.0 Å². The van der Waals surface area contributed by atoms with E-state index in [2.05, 4.69) is 38.8 Å². The van der Waals surface area contributed by atoms with E-state index in [1.165, 1.54) is 17.7 Å². The summed E-state index contributed by atoms with van der Waals surface area (Å²) >= 11 is 0. The molecule has 1 fully saturated rings. The zero-order chi connectivity index (χ0) is 22.5. The van der Waals surface area contributed by atoms with Crippen LogP contribution in [-0.2, 0) is 22.4 Å². The number of unbranched alkanes of at least 4 members (excludes halogenated alkanes) is 1. The van der Waals surface area contributed by atoms with Crippen LogP contribution in [0.25, 0.3) is 0 Å². The summed E-state index contributed by atoms with van der Waals surface area (Å²) in [6.45, 7) is 6.15. The summed E-state index contributed by atoms with van der Waals surface area (Å²) in [5.41, 5.74) is 3.61. The van der Waals surface area contributed by atoms with Crippen molar-refractivity contribution < 1.29 is 14.3 Å². The first-order chi connectivity index (χ1) is 16.3. The second-order valence-corrected chi connectivity index (χ2v) is 9.43. The number of fused-ring (bicyclic) bond motifs is 1. The SMILES string of the molecule is O=C1CCCc2c1ccn2CCCCN1CCN(C2=COC=C(CC3=CC=CCC3)O2)CC1. The summed E-state index contributed by atoms with van der Waals surface area (Å²) in [4.78, 5) is 16.9. The van der Waals surface area contributed by atoms with Gasteiger partial charge >= 0.3 is 0 Å². The van der Waals surface area contributed by atoms with Gasteiger partial charge in [0.25, 0.3) is 0 Å². The third-order valence-electron chi connectivity index (χ3n) is 7.11. The molecule has 0 atom stereocenters. The molecule has 1 saturated heterocycles. The Hall–Kier alpha value is -2.73. The number of carbonyl (C=O) groups is 1. The lowest BCUT2D eigenvalue weighted by Crippen LogP contribution is -2.46. The van der Waals surface area contributed by atoms with Crippen LogP contribution in [0.4, 0.5) is 0 Å². The first-order valence-electron chi connectivity index (χ1n) is 12.5. The minimum absolute atomic E-state index is 0.321. The predicted molar refractivity (Wildman–Crippen MR) is 128 cm³/mol. The van der Waals surface area contributed by atoms with E-state index in [4.69, 9.17) is 9.47 Å². The van der Waals surface area contributed by atoms with E-state index in [9.17, 15) is 4.79 Å². The molecule has 0 spiro atoms. The van der Waals surface area contributed by atoms with E-state index in [1.807, 2.05) is 6.07 Å².